The van der Waals surface area contributed by atoms with E-state index in [4.69, 9.17) is 4.74 Å². The molecule has 3 rings (SSSR count). The van der Waals surface area contributed by atoms with Crippen molar-refractivity contribution in [1.29, 1.82) is 0 Å². The lowest BCUT2D eigenvalue weighted by molar-refractivity contribution is -0.142. The average Bonchev–Trinajstić information content (AvgIpc) is 2.69. The normalized spacial score (nSPS) is 14.1. The fourth-order valence-electron chi connectivity index (χ4n) is 3.59. The molecular weight excluding hydrogens is 432 g/mol. The molecule has 0 saturated heterocycles. The largest absolute Gasteiger partial charge is 0.467 e. The Hall–Kier alpha value is -2.28. The van der Waals surface area contributed by atoms with Crippen molar-refractivity contribution in [3.8, 4) is 0 Å². The van der Waals surface area contributed by atoms with Crippen LogP contribution in [0.4, 0.5) is 8.78 Å². The Labute approximate surface area is 170 Å². The molecule has 1 amide bonds. The number of hydrogen-bond acceptors (Lipinski definition) is 3. The summed E-state index contributed by atoms with van der Waals surface area (Å²) in [6.45, 7) is 0. The molecule has 0 fully saturated rings. The third-order valence-corrected chi connectivity index (χ3v) is 5.72. The van der Waals surface area contributed by atoms with Gasteiger partial charge in [-0.3, -0.25) is 4.79 Å². The molecule has 4 nitrogen and oxygen atoms in total. The summed E-state index contributed by atoms with van der Waals surface area (Å²) < 4.78 is 33.6. The highest BCUT2D eigenvalue weighted by atomic mass is 79.9. The second-order valence-electron chi connectivity index (χ2n) is 6.72. The van der Waals surface area contributed by atoms with Crippen LogP contribution < -0.4 is 5.32 Å². The second kappa shape index (κ2) is 8.82. The minimum Gasteiger partial charge on any atom is -0.467 e. The minimum atomic E-state index is -1.05. The van der Waals surface area contributed by atoms with E-state index >= 15 is 0 Å². The van der Waals surface area contributed by atoms with Crippen molar-refractivity contribution in [3.05, 3.63) is 68.7 Å². The standard InChI is InChI=1S/C21H20BrF2NO3/c1-28-21(27)18(25-20(26)19-16(23)7-4-8-17(19)24)11-12-9-10-15(22)14-6-3-2-5-13(12)14/h4,7-10,18H,2-3,5-6,11H2,1H3,(H,25,26)/t18-/m0/s1. The number of rotatable bonds is 5. The van der Waals surface area contributed by atoms with Gasteiger partial charge in [0.05, 0.1) is 7.11 Å². The van der Waals surface area contributed by atoms with E-state index in [-0.39, 0.29) is 6.42 Å². The van der Waals surface area contributed by atoms with E-state index in [1.165, 1.54) is 18.7 Å². The Balaban J connectivity index is 1.88. The van der Waals surface area contributed by atoms with Gasteiger partial charge in [0, 0.05) is 10.9 Å². The molecule has 7 heteroatoms. The SMILES string of the molecule is COC(=O)[C@H](Cc1ccc(Br)c2c1CCCC2)NC(=O)c1c(F)cccc1F. The van der Waals surface area contributed by atoms with E-state index in [1.807, 2.05) is 12.1 Å². The molecule has 1 aliphatic rings. The van der Waals surface area contributed by atoms with E-state index in [9.17, 15) is 18.4 Å². The number of carbonyl (C=O) groups excluding carboxylic acids is 2. The van der Waals surface area contributed by atoms with Crippen LogP contribution in [0.2, 0.25) is 0 Å². The van der Waals surface area contributed by atoms with Gasteiger partial charge in [-0.2, -0.15) is 0 Å². The topological polar surface area (TPSA) is 55.4 Å². The van der Waals surface area contributed by atoms with Crippen molar-refractivity contribution in [1.82, 2.24) is 5.32 Å². The number of benzene rings is 2. The molecule has 0 radical (unpaired) electrons. The summed E-state index contributed by atoms with van der Waals surface area (Å²) in [5, 5.41) is 2.43. The molecule has 0 aliphatic heterocycles. The van der Waals surface area contributed by atoms with E-state index in [0.29, 0.717) is 0 Å². The Kier molecular flexibility index (Phi) is 6.44. The third-order valence-electron chi connectivity index (χ3n) is 4.98. The molecule has 0 heterocycles. The number of fused-ring (bicyclic) bond motifs is 1. The number of carbonyl (C=O) groups is 2. The zero-order chi connectivity index (χ0) is 20.3. The van der Waals surface area contributed by atoms with Crippen LogP contribution in [-0.2, 0) is 28.8 Å². The van der Waals surface area contributed by atoms with Crippen LogP contribution in [0.1, 0.15) is 39.9 Å². The molecule has 1 atom stereocenters. The fourth-order valence-corrected chi connectivity index (χ4v) is 4.16. The molecular formula is C21H20BrF2NO3. The minimum absolute atomic E-state index is 0.185. The molecule has 1 N–H and O–H groups in total. The summed E-state index contributed by atoms with van der Waals surface area (Å²) >= 11 is 3.57. The van der Waals surface area contributed by atoms with Crippen molar-refractivity contribution >= 4 is 27.8 Å². The molecule has 2 aromatic rings. The van der Waals surface area contributed by atoms with Gasteiger partial charge in [0.1, 0.15) is 23.2 Å². The van der Waals surface area contributed by atoms with Crippen LogP contribution in [0.15, 0.2) is 34.8 Å². The van der Waals surface area contributed by atoms with Crippen LogP contribution in [0.5, 0.6) is 0 Å². The zero-order valence-corrected chi connectivity index (χ0v) is 16.9. The van der Waals surface area contributed by atoms with Crippen LogP contribution in [0.3, 0.4) is 0 Å². The number of esters is 1. The average molecular weight is 452 g/mol. The molecule has 0 aromatic heterocycles. The van der Waals surface area contributed by atoms with Crippen molar-refractivity contribution in [2.24, 2.45) is 0 Å². The van der Waals surface area contributed by atoms with Gasteiger partial charge in [-0.15, -0.1) is 0 Å². The third kappa shape index (κ3) is 4.24. The number of hydrogen-bond donors (Lipinski definition) is 1. The molecule has 0 spiro atoms. The highest BCUT2D eigenvalue weighted by molar-refractivity contribution is 9.10. The molecule has 28 heavy (non-hydrogen) atoms. The lowest BCUT2D eigenvalue weighted by atomic mass is 9.86. The first-order chi connectivity index (χ1) is 13.4. The Morgan fingerprint density at radius 2 is 1.75 bits per heavy atom. The van der Waals surface area contributed by atoms with Crippen molar-refractivity contribution in [3.63, 3.8) is 0 Å². The lowest BCUT2D eigenvalue weighted by Gasteiger charge is -2.23. The smallest absolute Gasteiger partial charge is 0.328 e. The highest BCUT2D eigenvalue weighted by Gasteiger charge is 2.27. The number of amides is 1. The summed E-state index contributed by atoms with van der Waals surface area (Å²) in [4.78, 5) is 24.7. The van der Waals surface area contributed by atoms with Gasteiger partial charge in [0.25, 0.3) is 5.91 Å². The Morgan fingerprint density at radius 3 is 2.39 bits per heavy atom. The monoisotopic (exact) mass is 451 g/mol. The van der Waals surface area contributed by atoms with Gasteiger partial charge < -0.3 is 10.1 Å². The number of methoxy groups -OCH3 is 1. The maximum absolute atomic E-state index is 13.9. The first kappa shape index (κ1) is 20.5. The lowest BCUT2D eigenvalue weighted by Crippen LogP contribution is -2.43. The summed E-state index contributed by atoms with van der Waals surface area (Å²) in [6, 6.07) is 5.94. The Morgan fingerprint density at radius 1 is 1.11 bits per heavy atom. The van der Waals surface area contributed by atoms with E-state index in [2.05, 4.69) is 21.2 Å². The molecule has 0 bridgehead atoms. The number of nitrogens with one attached hydrogen (secondary N) is 1. The molecule has 1 aliphatic carbocycles. The van der Waals surface area contributed by atoms with Gasteiger partial charge >= 0.3 is 5.97 Å². The van der Waals surface area contributed by atoms with Crippen molar-refractivity contribution < 1.29 is 23.1 Å². The van der Waals surface area contributed by atoms with E-state index < -0.39 is 35.1 Å². The van der Waals surface area contributed by atoms with Gasteiger partial charge in [-0.1, -0.05) is 28.1 Å². The van der Waals surface area contributed by atoms with Crippen molar-refractivity contribution in [2.75, 3.05) is 7.11 Å². The first-order valence-electron chi connectivity index (χ1n) is 9.04. The summed E-state index contributed by atoms with van der Waals surface area (Å²) in [6.07, 6.45) is 4.16. The van der Waals surface area contributed by atoms with Crippen LogP contribution in [0, 0.1) is 11.6 Å². The summed E-state index contributed by atoms with van der Waals surface area (Å²) in [5.41, 5.74) is 2.57. The van der Waals surface area contributed by atoms with Gasteiger partial charge in [0.2, 0.25) is 0 Å². The number of ether oxygens (including phenoxy) is 1. The van der Waals surface area contributed by atoms with Gasteiger partial charge in [-0.05, 0) is 60.6 Å². The van der Waals surface area contributed by atoms with E-state index in [1.54, 1.807) is 0 Å². The molecule has 0 unspecified atom stereocenters. The van der Waals surface area contributed by atoms with E-state index in [0.717, 1.165) is 53.4 Å². The Bertz CT molecular complexity index is 897. The number of halogens is 3. The zero-order valence-electron chi connectivity index (χ0n) is 15.4. The molecule has 148 valence electrons. The van der Waals surface area contributed by atoms with Crippen LogP contribution in [0.25, 0.3) is 0 Å². The summed E-state index contributed by atoms with van der Waals surface area (Å²) in [7, 11) is 1.21. The first-order valence-corrected chi connectivity index (χ1v) is 9.83. The quantitative estimate of drug-likeness (QED) is 0.695. The van der Waals surface area contributed by atoms with Crippen molar-refractivity contribution in [2.45, 2.75) is 38.1 Å². The van der Waals surface area contributed by atoms with Crippen LogP contribution >= 0.6 is 15.9 Å². The fraction of sp³-hybridized carbons (Fsp3) is 0.333. The highest BCUT2D eigenvalue weighted by Crippen LogP contribution is 2.31. The van der Waals surface area contributed by atoms with Gasteiger partial charge in [-0.25, -0.2) is 13.6 Å². The molecule has 0 saturated carbocycles. The van der Waals surface area contributed by atoms with Gasteiger partial charge in [0.15, 0.2) is 0 Å². The summed E-state index contributed by atoms with van der Waals surface area (Å²) in [5.74, 6) is -3.63. The predicted octanol–water partition coefficient (Wildman–Crippen LogP) is 4.12. The second-order valence-corrected chi connectivity index (χ2v) is 7.58. The predicted molar refractivity (Wildman–Crippen MR) is 104 cm³/mol. The maximum Gasteiger partial charge on any atom is 0.328 e. The molecule has 2 aromatic carbocycles. The maximum atomic E-state index is 13.9. The van der Waals surface area contributed by atoms with Crippen LogP contribution in [-0.4, -0.2) is 25.0 Å².